The van der Waals surface area contributed by atoms with Crippen LogP contribution in [-0.4, -0.2) is 30.7 Å². The zero-order valence-corrected chi connectivity index (χ0v) is 11.2. The molecule has 0 spiro atoms. The lowest BCUT2D eigenvalue weighted by Crippen LogP contribution is -2.27. The Morgan fingerprint density at radius 3 is 3.00 bits per heavy atom. The van der Waals surface area contributed by atoms with E-state index in [0.717, 1.165) is 5.69 Å². The molecule has 1 saturated heterocycles. The molecule has 1 aromatic rings. The van der Waals surface area contributed by atoms with Crippen LogP contribution in [0.5, 0.6) is 5.75 Å². The monoisotopic (exact) mass is 278 g/mol. The number of benzene rings is 1. The zero-order valence-electron chi connectivity index (χ0n) is 10.3. The maximum absolute atomic E-state index is 11.9. The summed E-state index contributed by atoms with van der Waals surface area (Å²) >= 11 is 4.24. The number of fused-ring (bicyclic) bond motifs is 1. The fraction of sp³-hybridized carbons (Fsp3) is 0.385. The van der Waals surface area contributed by atoms with Crippen LogP contribution in [0.15, 0.2) is 18.2 Å². The van der Waals surface area contributed by atoms with E-state index in [-0.39, 0.29) is 24.3 Å². The second-order valence-electron chi connectivity index (χ2n) is 4.77. The van der Waals surface area contributed by atoms with Gasteiger partial charge in [0.2, 0.25) is 5.91 Å². The average molecular weight is 278 g/mol. The van der Waals surface area contributed by atoms with E-state index in [1.165, 1.54) is 0 Å². The van der Waals surface area contributed by atoms with Gasteiger partial charge in [0.05, 0.1) is 5.69 Å². The van der Waals surface area contributed by atoms with E-state index in [4.69, 9.17) is 4.74 Å². The summed E-state index contributed by atoms with van der Waals surface area (Å²) in [6.45, 7) is 0.715. The summed E-state index contributed by atoms with van der Waals surface area (Å²) < 4.78 is 5.29. The first kappa shape index (κ1) is 12.3. The van der Waals surface area contributed by atoms with Gasteiger partial charge in [0.25, 0.3) is 5.91 Å². The summed E-state index contributed by atoms with van der Waals surface area (Å²) in [5.41, 5.74) is 1.41. The fourth-order valence-electron chi connectivity index (χ4n) is 2.39. The van der Waals surface area contributed by atoms with Crippen LogP contribution < -0.4 is 15.0 Å². The number of ether oxygens (including phenoxy) is 1. The highest BCUT2D eigenvalue weighted by molar-refractivity contribution is 7.80. The molecule has 0 aromatic heterocycles. The molecule has 1 N–H and O–H groups in total. The SMILES string of the molecule is O=C1COc2ccc(N3CC(CS)CC3=O)cc2N1. The Balaban J connectivity index is 1.88. The summed E-state index contributed by atoms with van der Waals surface area (Å²) in [4.78, 5) is 25.0. The summed E-state index contributed by atoms with van der Waals surface area (Å²) in [6, 6.07) is 5.41. The molecule has 5 nitrogen and oxygen atoms in total. The highest BCUT2D eigenvalue weighted by atomic mass is 32.1. The van der Waals surface area contributed by atoms with Crippen molar-refractivity contribution < 1.29 is 14.3 Å². The van der Waals surface area contributed by atoms with Crippen LogP contribution >= 0.6 is 12.6 Å². The minimum Gasteiger partial charge on any atom is -0.482 e. The molecule has 2 amide bonds. The fourth-order valence-corrected chi connectivity index (χ4v) is 2.64. The van der Waals surface area contributed by atoms with Crippen molar-refractivity contribution in [3.05, 3.63) is 18.2 Å². The van der Waals surface area contributed by atoms with Gasteiger partial charge in [-0.1, -0.05) is 0 Å². The normalized spacial score (nSPS) is 21.9. The Bertz CT molecular complexity index is 547. The first-order valence-electron chi connectivity index (χ1n) is 6.15. The molecule has 2 heterocycles. The molecule has 2 aliphatic heterocycles. The molecule has 1 fully saturated rings. The zero-order chi connectivity index (χ0) is 13.4. The number of amides is 2. The van der Waals surface area contributed by atoms with Crippen molar-refractivity contribution in [2.45, 2.75) is 6.42 Å². The summed E-state index contributed by atoms with van der Waals surface area (Å²) in [7, 11) is 0. The number of anilines is 2. The van der Waals surface area contributed by atoms with E-state index in [9.17, 15) is 9.59 Å². The van der Waals surface area contributed by atoms with E-state index in [1.54, 1.807) is 17.0 Å². The molecule has 0 bridgehead atoms. The molecule has 0 saturated carbocycles. The highest BCUT2D eigenvalue weighted by Gasteiger charge is 2.30. The number of rotatable bonds is 2. The van der Waals surface area contributed by atoms with Crippen molar-refractivity contribution in [1.82, 2.24) is 0 Å². The van der Waals surface area contributed by atoms with E-state index in [2.05, 4.69) is 17.9 Å². The van der Waals surface area contributed by atoms with Crippen LogP contribution in [-0.2, 0) is 9.59 Å². The Morgan fingerprint density at radius 2 is 2.26 bits per heavy atom. The van der Waals surface area contributed by atoms with Crippen LogP contribution in [0, 0.1) is 5.92 Å². The lowest BCUT2D eigenvalue weighted by atomic mass is 10.1. The molecule has 3 rings (SSSR count). The van der Waals surface area contributed by atoms with Crippen LogP contribution in [0.3, 0.4) is 0 Å². The minimum absolute atomic E-state index is 0.0384. The molecule has 0 aliphatic carbocycles. The molecule has 1 atom stereocenters. The van der Waals surface area contributed by atoms with Gasteiger partial charge in [-0.3, -0.25) is 9.59 Å². The van der Waals surface area contributed by atoms with Gasteiger partial charge in [0.1, 0.15) is 5.75 Å². The average Bonchev–Trinajstić information content (AvgIpc) is 2.79. The third-order valence-electron chi connectivity index (χ3n) is 3.37. The Morgan fingerprint density at radius 1 is 1.42 bits per heavy atom. The Kier molecular flexibility index (Phi) is 3.10. The summed E-state index contributed by atoms with van der Waals surface area (Å²) in [5, 5.41) is 2.75. The highest BCUT2D eigenvalue weighted by Crippen LogP contribution is 2.34. The van der Waals surface area contributed by atoms with E-state index in [1.807, 2.05) is 6.07 Å². The number of carbonyl (C=O) groups excluding carboxylic acids is 2. The van der Waals surface area contributed by atoms with Crippen molar-refractivity contribution in [2.75, 3.05) is 29.1 Å². The van der Waals surface area contributed by atoms with Gasteiger partial charge in [0.15, 0.2) is 6.61 Å². The van der Waals surface area contributed by atoms with Gasteiger partial charge in [-0.05, 0) is 29.9 Å². The lowest BCUT2D eigenvalue weighted by molar-refractivity contribution is -0.118. The van der Waals surface area contributed by atoms with Gasteiger partial charge in [0, 0.05) is 18.7 Å². The second-order valence-corrected chi connectivity index (χ2v) is 5.14. The largest absolute Gasteiger partial charge is 0.482 e. The van der Waals surface area contributed by atoms with Crippen LogP contribution in [0.25, 0.3) is 0 Å². The van der Waals surface area contributed by atoms with Gasteiger partial charge < -0.3 is 15.0 Å². The third-order valence-corrected chi connectivity index (χ3v) is 3.89. The van der Waals surface area contributed by atoms with E-state index in [0.29, 0.717) is 30.2 Å². The Labute approximate surface area is 116 Å². The van der Waals surface area contributed by atoms with Crippen molar-refractivity contribution in [1.29, 1.82) is 0 Å². The molecule has 2 aliphatic rings. The summed E-state index contributed by atoms with van der Waals surface area (Å²) in [5.74, 6) is 1.55. The van der Waals surface area contributed by atoms with Crippen LogP contribution in [0.4, 0.5) is 11.4 Å². The molecule has 100 valence electrons. The molecule has 6 heteroatoms. The first-order chi connectivity index (χ1) is 9.17. The molecule has 0 radical (unpaired) electrons. The van der Waals surface area contributed by atoms with Crippen LogP contribution in [0.2, 0.25) is 0 Å². The Hall–Kier alpha value is -1.69. The number of hydrogen-bond acceptors (Lipinski definition) is 4. The van der Waals surface area contributed by atoms with Gasteiger partial charge >= 0.3 is 0 Å². The quantitative estimate of drug-likeness (QED) is 0.802. The van der Waals surface area contributed by atoms with Gasteiger partial charge in [-0.2, -0.15) is 12.6 Å². The minimum atomic E-state index is -0.175. The first-order valence-corrected chi connectivity index (χ1v) is 6.78. The second kappa shape index (κ2) is 4.77. The molecular formula is C13H14N2O3S. The standard InChI is InChI=1S/C13H14N2O3S/c16-12-6-18-11-2-1-9(4-10(11)14-12)15-5-8(7-19)3-13(15)17/h1-2,4,8,19H,3,5-7H2,(H,14,16). The van der Waals surface area contributed by atoms with Crippen LogP contribution in [0.1, 0.15) is 6.42 Å². The molecule has 19 heavy (non-hydrogen) atoms. The number of nitrogens with zero attached hydrogens (tertiary/aromatic N) is 1. The van der Waals surface area contributed by atoms with Gasteiger partial charge in [-0.25, -0.2) is 0 Å². The molecule has 1 aromatic carbocycles. The van der Waals surface area contributed by atoms with Crippen molar-refractivity contribution in [2.24, 2.45) is 5.92 Å². The summed E-state index contributed by atoms with van der Waals surface area (Å²) in [6.07, 6.45) is 0.531. The predicted octanol–water partition coefficient (Wildman–Crippen LogP) is 1.30. The number of carbonyl (C=O) groups is 2. The van der Waals surface area contributed by atoms with Crippen molar-refractivity contribution in [3.63, 3.8) is 0 Å². The smallest absolute Gasteiger partial charge is 0.262 e. The predicted molar refractivity (Wildman–Crippen MR) is 74.9 cm³/mol. The number of thiol groups is 1. The number of hydrogen-bond donors (Lipinski definition) is 2. The maximum Gasteiger partial charge on any atom is 0.262 e. The van der Waals surface area contributed by atoms with E-state index < -0.39 is 0 Å². The lowest BCUT2D eigenvalue weighted by Gasteiger charge is -2.22. The van der Waals surface area contributed by atoms with Crippen molar-refractivity contribution >= 4 is 35.8 Å². The molecule has 1 unspecified atom stereocenters. The topological polar surface area (TPSA) is 58.6 Å². The van der Waals surface area contributed by atoms with Gasteiger partial charge in [-0.15, -0.1) is 0 Å². The van der Waals surface area contributed by atoms with E-state index >= 15 is 0 Å². The van der Waals surface area contributed by atoms with Crippen molar-refractivity contribution in [3.8, 4) is 5.75 Å². The number of nitrogens with one attached hydrogen (secondary N) is 1. The molecular weight excluding hydrogens is 264 g/mol. The maximum atomic E-state index is 11.9. The third kappa shape index (κ3) is 2.28.